The first kappa shape index (κ1) is 9.27. The normalized spacial score (nSPS) is 15.3. The standard InChI is InChI=1S/C10H15N3O/c1-12-10-8(6-11)9(4-5-13-10)14-7-2-3-7/h4-5,7H,2-3,6,11H2,1H3,(H,12,13). The van der Waals surface area contributed by atoms with Gasteiger partial charge in [-0.1, -0.05) is 0 Å². The van der Waals surface area contributed by atoms with E-state index in [1.165, 1.54) is 0 Å². The van der Waals surface area contributed by atoms with E-state index in [0.29, 0.717) is 12.6 Å². The minimum atomic E-state index is 0.396. The van der Waals surface area contributed by atoms with Crippen molar-refractivity contribution in [2.75, 3.05) is 12.4 Å². The molecule has 1 heterocycles. The maximum atomic E-state index is 5.73. The number of aromatic nitrogens is 1. The second-order valence-corrected chi connectivity index (χ2v) is 3.41. The van der Waals surface area contributed by atoms with E-state index in [-0.39, 0.29) is 0 Å². The minimum Gasteiger partial charge on any atom is -0.490 e. The molecule has 0 unspecified atom stereocenters. The Morgan fingerprint density at radius 2 is 2.43 bits per heavy atom. The molecule has 1 aliphatic carbocycles. The lowest BCUT2D eigenvalue weighted by Gasteiger charge is -2.12. The molecule has 0 aliphatic heterocycles. The van der Waals surface area contributed by atoms with Gasteiger partial charge in [-0.25, -0.2) is 4.98 Å². The van der Waals surface area contributed by atoms with Crippen LogP contribution in [0.4, 0.5) is 5.82 Å². The van der Waals surface area contributed by atoms with Crippen LogP contribution in [0.3, 0.4) is 0 Å². The molecule has 4 nitrogen and oxygen atoms in total. The predicted molar refractivity (Wildman–Crippen MR) is 55.3 cm³/mol. The molecule has 0 aromatic carbocycles. The molecule has 4 heteroatoms. The van der Waals surface area contributed by atoms with Crippen LogP contribution in [-0.4, -0.2) is 18.1 Å². The summed E-state index contributed by atoms with van der Waals surface area (Å²) < 4.78 is 5.73. The van der Waals surface area contributed by atoms with Crippen molar-refractivity contribution < 1.29 is 4.74 Å². The molecule has 1 aromatic rings. The topological polar surface area (TPSA) is 60.2 Å². The fourth-order valence-electron chi connectivity index (χ4n) is 1.36. The molecular formula is C10H15N3O. The number of pyridine rings is 1. The van der Waals surface area contributed by atoms with E-state index >= 15 is 0 Å². The van der Waals surface area contributed by atoms with E-state index in [1.54, 1.807) is 6.20 Å². The molecule has 14 heavy (non-hydrogen) atoms. The Kier molecular flexibility index (Phi) is 2.54. The number of hydrogen-bond acceptors (Lipinski definition) is 4. The predicted octanol–water partition coefficient (Wildman–Crippen LogP) is 1.12. The van der Waals surface area contributed by atoms with Gasteiger partial charge in [0.2, 0.25) is 0 Å². The Morgan fingerprint density at radius 1 is 1.64 bits per heavy atom. The van der Waals surface area contributed by atoms with Crippen molar-refractivity contribution in [1.29, 1.82) is 0 Å². The van der Waals surface area contributed by atoms with Crippen LogP contribution < -0.4 is 15.8 Å². The summed E-state index contributed by atoms with van der Waals surface area (Å²) in [5.41, 5.74) is 6.62. The van der Waals surface area contributed by atoms with E-state index in [0.717, 1.165) is 30.0 Å². The van der Waals surface area contributed by atoms with Gasteiger partial charge in [-0.15, -0.1) is 0 Å². The van der Waals surface area contributed by atoms with Crippen molar-refractivity contribution in [1.82, 2.24) is 4.98 Å². The minimum absolute atomic E-state index is 0.396. The maximum absolute atomic E-state index is 5.73. The second kappa shape index (κ2) is 3.84. The zero-order valence-corrected chi connectivity index (χ0v) is 8.29. The van der Waals surface area contributed by atoms with Gasteiger partial charge in [-0.3, -0.25) is 0 Å². The molecule has 3 N–H and O–H groups in total. The largest absolute Gasteiger partial charge is 0.490 e. The van der Waals surface area contributed by atoms with Crippen LogP contribution in [-0.2, 0) is 6.54 Å². The molecule has 76 valence electrons. The van der Waals surface area contributed by atoms with Crippen molar-refractivity contribution in [2.45, 2.75) is 25.5 Å². The number of nitrogens with two attached hydrogens (primary N) is 1. The van der Waals surface area contributed by atoms with Crippen LogP contribution in [0.5, 0.6) is 5.75 Å². The SMILES string of the molecule is CNc1nccc(OC2CC2)c1CN. The van der Waals surface area contributed by atoms with Crippen molar-refractivity contribution in [2.24, 2.45) is 5.73 Å². The van der Waals surface area contributed by atoms with Crippen LogP contribution in [0.2, 0.25) is 0 Å². The average molecular weight is 193 g/mol. The summed E-state index contributed by atoms with van der Waals surface area (Å²) in [7, 11) is 1.84. The number of nitrogens with one attached hydrogen (secondary N) is 1. The highest BCUT2D eigenvalue weighted by molar-refractivity contribution is 5.51. The Morgan fingerprint density at radius 3 is 3.00 bits per heavy atom. The van der Waals surface area contributed by atoms with Gasteiger partial charge in [0, 0.05) is 19.8 Å². The maximum Gasteiger partial charge on any atom is 0.133 e. The van der Waals surface area contributed by atoms with Crippen molar-refractivity contribution in [3.63, 3.8) is 0 Å². The van der Waals surface area contributed by atoms with E-state index in [4.69, 9.17) is 10.5 Å². The van der Waals surface area contributed by atoms with Crippen LogP contribution in [0.15, 0.2) is 12.3 Å². The summed E-state index contributed by atoms with van der Waals surface area (Å²) in [5.74, 6) is 1.68. The first-order valence-corrected chi connectivity index (χ1v) is 4.87. The monoisotopic (exact) mass is 193 g/mol. The zero-order valence-electron chi connectivity index (χ0n) is 8.29. The Labute approximate surface area is 83.5 Å². The lowest BCUT2D eigenvalue weighted by Crippen LogP contribution is -2.08. The smallest absolute Gasteiger partial charge is 0.133 e. The third-order valence-electron chi connectivity index (χ3n) is 2.27. The number of anilines is 1. The highest BCUT2D eigenvalue weighted by Gasteiger charge is 2.24. The molecule has 1 aliphatic rings. The van der Waals surface area contributed by atoms with E-state index < -0.39 is 0 Å². The highest BCUT2D eigenvalue weighted by Crippen LogP contribution is 2.31. The first-order valence-electron chi connectivity index (χ1n) is 4.87. The van der Waals surface area contributed by atoms with Gasteiger partial charge in [0.15, 0.2) is 0 Å². The third-order valence-corrected chi connectivity index (χ3v) is 2.27. The second-order valence-electron chi connectivity index (χ2n) is 3.41. The molecule has 0 amide bonds. The number of rotatable bonds is 4. The fraction of sp³-hybridized carbons (Fsp3) is 0.500. The van der Waals surface area contributed by atoms with Gasteiger partial charge in [-0.05, 0) is 18.9 Å². The van der Waals surface area contributed by atoms with Crippen LogP contribution in [0.1, 0.15) is 18.4 Å². The molecule has 2 rings (SSSR count). The van der Waals surface area contributed by atoms with Crippen molar-refractivity contribution >= 4 is 5.82 Å². The average Bonchev–Trinajstić information content (AvgIpc) is 3.01. The number of hydrogen-bond donors (Lipinski definition) is 2. The third kappa shape index (κ3) is 1.80. The van der Waals surface area contributed by atoms with Gasteiger partial charge < -0.3 is 15.8 Å². The molecule has 1 fully saturated rings. The zero-order chi connectivity index (χ0) is 9.97. The number of ether oxygens (including phenoxy) is 1. The van der Waals surface area contributed by atoms with Crippen molar-refractivity contribution in [3.8, 4) is 5.75 Å². The van der Waals surface area contributed by atoms with Gasteiger partial charge in [-0.2, -0.15) is 0 Å². The van der Waals surface area contributed by atoms with E-state index in [2.05, 4.69) is 10.3 Å². The highest BCUT2D eigenvalue weighted by atomic mass is 16.5. The molecule has 0 bridgehead atoms. The van der Waals surface area contributed by atoms with Gasteiger partial charge >= 0.3 is 0 Å². The van der Waals surface area contributed by atoms with Crippen molar-refractivity contribution in [3.05, 3.63) is 17.8 Å². The summed E-state index contributed by atoms with van der Waals surface area (Å²) >= 11 is 0. The summed E-state index contributed by atoms with van der Waals surface area (Å²) in [6.45, 7) is 0.450. The summed E-state index contributed by atoms with van der Waals surface area (Å²) in [4.78, 5) is 4.19. The lowest BCUT2D eigenvalue weighted by atomic mass is 10.2. The summed E-state index contributed by atoms with van der Waals surface area (Å²) in [6.07, 6.45) is 4.44. The molecule has 0 radical (unpaired) electrons. The Balaban J connectivity index is 2.26. The quantitative estimate of drug-likeness (QED) is 0.752. The van der Waals surface area contributed by atoms with Crippen LogP contribution >= 0.6 is 0 Å². The summed E-state index contributed by atoms with van der Waals surface area (Å²) in [6, 6.07) is 1.88. The van der Waals surface area contributed by atoms with E-state index in [1.807, 2.05) is 13.1 Å². The van der Waals surface area contributed by atoms with Crippen LogP contribution in [0.25, 0.3) is 0 Å². The van der Waals surface area contributed by atoms with Gasteiger partial charge in [0.1, 0.15) is 11.6 Å². The lowest BCUT2D eigenvalue weighted by molar-refractivity contribution is 0.300. The fourth-order valence-corrected chi connectivity index (χ4v) is 1.36. The Bertz CT molecular complexity index is 323. The number of nitrogens with zero attached hydrogens (tertiary/aromatic N) is 1. The molecule has 0 saturated heterocycles. The van der Waals surface area contributed by atoms with E-state index in [9.17, 15) is 0 Å². The molecule has 1 saturated carbocycles. The molecular weight excluding hydrogens is 178 g/mol. The van der Waals surface area contributed by atoms with Gasteiger partial charge in [0.05, 0.1) is 11.7 Å². The molecule has 1 aromatic heterocycles. The molecule has 0 spiro atoms. The van der Waals surface area contributed by atoms with Crippen LogP contribution in [0, 0.1) is 0 Å². The van der Waals surface area contributed by atoms with Gasteiger partial charge in [0.25, 0.3) is 0 Å². The molecule has 0 atom stereocenters. The Hall–Kier alpha value is -1.29. The first-order chi connectivity index (χ1) is 6.85. The summed E-state index contributed by atoms with van der Waals surface area (Å²) in [5, 5.41) is 3.01.